The fourth-order valence-corrected chi connectivity index (χ4v) is 1.65. The zero-order valence-electron chi connectivity index (χ0n) is 11.2. The number of nitrogens with one attached hydrogen (secondary N) is 1. The Morgan fingerprint density at radius 2 is 2.00 bits per heavy atom. The van der Waals surface area contributed by atoms with Crippen molar-refractivity contribution < 1.29 is 9.47 Å². The van der Waals surface area contributed by atoms with Crippen molar-refractivity contribution in [1.29, 1.82) is 0 Å². The molecular weight excluding hydrogens is 214 g/mol. The molecule has 1 rings (SSSR count). The minimum atomic E-state index is 0.527. The van der Waals surface area contributed by atoms with E-state index in [1.807, 2.05) is 13.0 Å². The summed E-state index contributed by atoms with van der Waals surface area (Å²) in [5, 5.41) is 3.40. The molecule has 0 fully saturated rings. The van der Waals surface area contributed by atoms with Crippen LogP contribution in [-0.4, -0.2) is 26.3 Å². The molecule has 0 radical (unpaired) electrons. The molecule has 0 aliphatic rings. The van der Waals surface area contributed by atoms with E-state index in [4.69, 9.17) is 9.47 Å². The van der Waals surface area contributed by atoms with Gasteiger partial charge in [0, 0.05) is 6.04 Å². The van der Waals surface area contributed by atoms with E-state index in [-0.39, 0.29) is 0 Å². The van der Waals surface area contributed by atoms with Gasteiger partial charge in [0.1, 0.15) is 0 Å². The number of benzene rings is 1. The zero-order chi connectivity index (χ0) is 12.7. The van der Waals surface area contributed by atoms with E-state index in [1.54, 1.807) is 7.11 Å². The summed E-state index contributed by atoms with van der Waals surface area (Å²) < 4.78 is 10.8. The van der Waals surface area contributed by atoms with E-state index in [9.17, 15) is 0 Å². The Morgan fingerprint density at radius 1 is 1.24 bits per heavy atom. The first-order valence-electron chi connectivity index (χ1n) is 6.20. The number of hydrogen-bond donors (Lipinski definition) is 1. The van der Waals surface area contributed by atoms with Crippen molar-refractivity contribution >= 4 is 0 Å². The van der Waals surface area contributed by atoms with Crippen LogP contribution in [0.15, 0.2) is 18.2 Å². The normalized spacial score (nSPS) is 10.6. The standard InChI is InChI=1S/C14H23NO2/c1-5-17-14-10-12(6-7-13(14)16-4)8-9-15-11(2)3/h6-7,10-11,15H,5,8-9H2,1-4H3. The van der Waals surface area contributed by atoms with Gasteiger partial charge in [0.2, 0.25) is 0 Å². The number of rotatable bonds is 7. The van der Waals surface area contributed by atoms with Gasteiger partial charge in [-0.2, -0.15) is 0 Å². The van der Waals surface area contributed by atoms with Crippen LogP contribution >= 0.6 is 0 Å². The Balaban J connectivity index is 2.64. The lowest BCUT2D eigenvalue weighted by atomic mass is 10.1. The van der Waals surface area contributed by atoms with Crippen molar-refractivity contribution in [3.8, 4) is 11.5 Å². The summed E-state index contributed by atoms with van der Waals surface area (Å²) >= 11 is 0. The molecule has 3 heteroatoms. The highest BCUT2D eigenvalue weighted by molar-refractivity contribution is 5.43. The minimum absolute atomic E-state index is 0.527. The van der Waals surface area contributed by atoms with Crippen LogP contribution in [0.3, 0.4) is 0 Å². The van der Waals surface area contributed by atoms with Crippen molar-refractivity contribution in [1.82, 2.24) is 5.32 Å². The van der Waals surface area contributed by atoms with Gasteiger partial charge in [-0.25, -0.2) is 0 Å². The second kappa shape index (κ2) is 7.17. The van der Waals surface area contributed by atoms with Crippen LogP contribution in [0.5, 0.6) is 11.5 Å². The molecule has 0 atom stereocenters. The fraction of sp³-hybridized carbons (Fsp3) is 0.571. The third-order valence-corrected chi connectivity index (χ3v) is 2.49. The maximum Gasteiger partial charge on any atom is 0.161 e. The quantitative estimate of drug-likeness (QED) is 0.791. The lowest BCUT2D eigenvalue weighted by Crippen LogP contribution is -2.24. The first-order chi connectivity index (χ1) is 8.17. The summed E-state index contributed by atoms with van der Waals surface area (Å²) in [6, 6.07) is 6.64. The Hall–Kier alpha value is -1.22. The van der Waals surface area contributed by atoms with E-state index >= 15 is 0 Å². The van der Waals surface area contributed by atoms with E-state index in [0.29, 0.717) is 12.6 Å². The van der Waals surface area contributed by atoms with E-state index < -0.39 is 0 Å². The van der Waals surface area contributed by atoms with Gasteiger partial charge in [0.05, 0.1) is 13.7 Å². The molecule has 0 heterocycles. The van der Waals surface area contributed by atoms with Crippen molar-refractivity contribution in [2.45, 2.75) is 33.2 Å². The average Bonchev–Trinajstić information content (AvgIpc) is 2.29. The van der Waals surface area contributed by atoms with Gasteiger partial charge in [-0.05, 0) is 37.6 Å². The van der Waals surface area contributed by atoms with Crippen LogP contribution in [0.4, 0.5) is 0 Å². The Kier molecular flexibility index (Phi) is 5.84. The summed E-state index contributed by atoms with van der Waals surface area (Å²) in [4.78, 5) is 0. The molecule has 3 nitrogen and oxygen atoms in total. The van der Waals surface area contributed by atoms with Crippen LogP contribution in [0.25, 0.3) is 0 Å². The Bertz CT molecular complexity index is 337. The van der Waals surface area contributed by atoms with Crippen LogP contribution < -0.4 is 14.8 Å². The SMILES string of the molecule is CCOc1cc(CCNC(C)C)ccc1OC. The summed E-state index contributed by atoms with van der Waals surface area (Å²) in [5.41, 5.74) is 1.27. The van der Waals surface area contributed by atoms with Crippen molar-refractivity contribution in [2.24, 2.45) is 0 Å². The summed E-state index contributed by atoms with van der Waals surface area (Å²) in [5.74, 6) is 1.63. The van der Waals surface area contributed by atoms with Crippen molar-refractivity contribution in [3.05, 3.63) is 23.8 Å². The van der Waals surface area contributed by atoms with Gasteiger partial charge in [-0.15, -0.1) is 0 Å². The summed E-state index contributed by atoms with van der Waals surface area (Å²) in [6.07, 6.45) is 1.00. The summed E-state index contributed by atoms with van der Waals surface area (Å²) in [6.45, 7) is 7.92. The molecule has 0 spiro atoms. The van der Waals surface area contributed by atoms with Crippen molar-refractivity contribution in [2.75, 3.05) is 20.3 Å². The molecule has 1 N–H and O–H groups in total. The van der Waals surface area contributed by atoms with Gasteiger partial charge < -0.3 is 14.8 Å². The molecule has 0 aromatic heterocycles. The van der Waals surface area contributed by atoms with Gasteiger partial charge in [-0.3, -0.25) is 0 Å². The second-order valence-electron chi connectivity index (χ2n) is 4.28. The molecule has 0 saturated carbocycles. The second-order valence-corrected chi connectivity index (χ2v) is 4.28. The predicted octanol–water partition coefficient (Wildman–Crippen LogP) is 2.63. The fourth-order valence-electron chi connectivity index (χ4n) is 1.65. The van der Waals surface area contributed by atoms with Gasteiger partial charge in [0.15, 0.2) is 11.5 Å². The van der Waals surface area contributed by atoms with E-state index in [1.165, 1.54) is 5.56 Å². The average molecular weight is 237 g/mol. The lowest BCUT2D eigenvalue weighted by molar-refractivity contribution is 0.310. The molecule has 17 heavy (non-hydrogen) atoms. The molecule has 1 aromatic rings. The molecule has 0 aliphatic carbocycles. The van der Waals surface area contributed by atoms with Crippen molar-refractivity contribution in [3.63, 3.8) is 0 Å². The maximum atomic E-state index is 5.55. The molecule has 0 bridgehead atoms. The van der Waals surface area contributed by atoms with Crippen LogP contribution in [0, 0.1) is 0 Å². The topological polar surface area (TPSA) is 30.5 Å². The maximum absolute atomic E-state index is 5.55. The minimum Gasteiger partial charge on any atom is -0.493 e. The highest BCUT2D eigenvalue weighted by Crippen LogP contribution is 2.28. The molecule has 0 aliphatic heterocycles. The monoisotopic (exact) mass is 237 g/mol. The lowest BCUT2D eigenvalue weighted by Gasteiger charge is -2.12. The van der Waals surface area contributed by atoms with E-state index in [0.717, 1.165) is 24.5 Å². The predicted molar refractivity (Wildman–Crippen MR) is 71.0 cm³/mol. The first-order valence-corrected chi connectivity index (χ1v) is 6.20. The smallest absolute Gasteiger partial charge is 0.161 e. The first kappa shape index (κ1) is 13.8. The molecule has 0 saturated heterocycles. The summed E-state index contributed by atoms with van der Waals surface area (Å²) in [7, 11) is 1.66. The van der Waals surface area contributed by atoms with Gasteiger partial charge in [-0.1, -0.05) is 19.9 Å². The third kappa shape index (κ3) is 4.65. The molecule has 0 unspecified atom stereocenters. The highest BCUT2D eigenvalue weighted by Gasteiger charge is 2.05. The number of hydrogen-bond acceptors (Lipinski definition) is 3. The van der Waals surface area contributed by atoms with Gasteiger partial charge >= 0.3 is 0 Å². The third-order valence-electron chi connectivity index (χ3n) is 2.49. The number of methoxy groups -OCH3 is 1. The van der Waals surface area contributed by atoms with Gasteiger partial charge in [0.25, 0.3) is 0 Å². The Morgan fingerprint density at radius 3 is 2.59 bits per heavy atom. The zero-order valence-corrected chi connectivity index (χ0v) is 11.2. The molecule has 0 amide bonds. The number of ether oxygens (including phenoxy) is 2. The molecule has 1 aromatic carbocycles. The highest BCUT2D eigenvalue weighted by atomic mass is 16.5. The molecule has 96 valence electrons. The van der Waals surface area contributed by atoms with Crippen LogP contribution in [0.2, 0.25) is 0 Å². The Labute approximate surface area is 104 Å². The largest absolute Gasteiger partial charge is 0.493 e. The van der Waals surface area contributed by atoms with Crippen LogP contribution in [-0.2, 0) is 6.42 Å². The van der Waals surface area contributed by atoms with E-state index in [2.05, 4.69) is 31.3 Å². The van der Waals surface area contributed by atoms with Crippen LogP contribution in [0.1, 0.15) is 26.3 Å². The molecular formula is C14H23NO2.